The van der Waals surface area contributed by atoms with Crippen LogP contribution in [0.5, 0.6) is 0 Å². The summed E-state index contributed by atoms with van der Waals surface area (Å²) in [6.07, 6.45) is 48.5. The Morgan fingerprint density at radius 3 is 1.13 bits per heavy atom. The molecule has 11 heteroatoms. The minimum absolute atomic E-state index is 0.157. The Morgan fingerprint density at radius 2 is 0.783 bits per heavy atom. The Bertz CT molecular complexity index is 1090. The maximum Gasteiger partial charge on any atom is 0.472 e. The lowest BCUT2D eigenvalue weighted by Gasteiger charge is -2.20. The van der Waals surface area contributed by atoms with Gasteiger partial charge in [-0.3, -0.25) is 18.6 Å². The summed E-state index contributed by atoms with van der Waals surface area (Å²) in [5.74, 6) is -1.04. The molecule has 0 aromatic heterocycles. The van der Waals surface area contributed by atoms with Crippen molar-refractivity contribution in [2.45, 2.75) is 238 Å². The second-order valence-electron chi connectivity index (χ2n) is 16.4. The Morgan fingerprint density at radius 1 is 0.467 bits per heavy atom. The summed E-state index contributed by atoms with van der Waals surface area (Å²) in [4.78, 5) is 34.6. The number of carbonyl (C=O) groups is 2. The van der Waals surface area contributed by atoms with Crippen LogP contribution in [0.1, 0.15) is 226 Å². The van der Waals surface area contributed by atoms with Crippen molar-refractivity contribution in [3.63, 3.8) is 0 Å². The number of aliphatic hydroxyl groups is 2. The third-order valence-corrected chi connectivity index (χ3v) is 11.6. The molecule has 0 heterocycles. The van der Waals surface area contributed by atoms with E-state index in [-0.39, 0.29) is 12.8 Å². The normalized spacial score (nSPS) is 14.0. The molecule has 352 valence electrons. The van der Waals surface area contributed by atoms with E-state index >= 15 is 0 Å². The topological polar surface area (TPSA) is 149 Å². The molecule has 0 rings (SSSR count). The standard InChI is InChI=1S/C49H91O10P/c1-3-5-7-9-11-13-15-17-18-19-20-21-22-23-24-25-26-27-29-31-33-35-37-39-41-49(53)59-47(43-51)45-57-60(54,55)56-44-46(42-50)58-48(52)40-38-36-34-32-30-28-16-14-12-10-8-6-4-2/h6,8,12,14,28,30,46-47,50-51H,3-5,7,9-11,13,15-27,29,31-45H2,1-2H3,(H,54,55)/b8-6-,14-12-,30-28-. The molecular weight excluding hydrogens is 780 g/mol. The highest BCUT2D eigenvalue weighted by atomic mass is 31.2. The molecule has 0 radical (unpaired) electrons. The lowest BCUT2D eigenvalue weighted by Crippen LogP contribution is -2.28. The predicted molar refractivity (Wildman–Crippen MR) is 247 cm³/mol. The van der Waals surface area contributed by atoms with Crippen LogP contribution in [0.3, 0.4) is 0 Å². The van der Waals surface area contributed by atoms with Crippen molar-refractivity contribution in [2.75, 3.05) is 26.4 Å². The molecule has 3 atom stereocenters. The maximum atomic E-state index is 12.4. The van der Waals surface area contributed by atoms with Gasteiger partial charge in [0.2, 0.25) is 0 Å². The molecular formula is C49H91O10P. The van der Waals surface area contributed by atoms with Crippen LogP contribution in [0, 0.1) is 0 Å². The van der Waals surface area contributed by atoms with Crippen molar-refractivity contribution in [2.24, 2.45) is 0 Å². The van der Waals surface area contributed by atoms with Gasteiger partial charge in [-0.25, -0.2) is 4.57 Å². The number of hydrogen-bond donors (Lipinski definition) is 3. The molecule has 3 N–H and O–H groups in total. The van der Waals surface area contributed by atoms with Gasteiger partial charge in [0.15, 0.2) is 0 Å². The number of carbonyl (C=O) groups excluding carboxylic acids is 2. The average Bonchev–Trinajstić information content (AvgIpc) is 3.24. The zero-order valence-corrected chi connectivity index (χ0v) is 39.3. The highest BCUT2D eigenvalue weighted by molar-refractivity contribution is 7.47. The first kappa shape index (κ1) is 58.2. The van der Waals surface area contributed by atoms with Crippen LogP contribution < -0.4 is 0 Å². The molecule has 0 aliphatic rings. The zero-order chi connectivity index (χ0) is 44.0. The third-order valence-electron chi connectivity index (χ3n) is 10.6. The minimum atomic E-state index is -4.64. The van der Waals surface area contributed by atoms with E-state index in [1.165, 1.54) is 128 Å². The van der Waals surface area contributed by atoms with Crippen molar-refractivity contribution < 1.29 is 47.8 Å². The minimum Gasteiger partial charge on any atom is -0.457 e. The second kappa shape index (κ2) is 45.2. The molecule has 0 fully saturated rings. The van der Waals surface area contributed by atoms with Crippen molar-refractivity contribution in [3.8, 4) is 0 Å². The van der Waals surface area contributed by atoms with Crippen LogP contribution in [-0.4, -0.2) is 65.7 Å². The van der Waals surface area contributed by atoms with E-state index < -0.39 is 58.4 Å². The summed E-state index contributed by atoms with van der Waals surface area (Å²) < 4.78 is 32.6. The Balaban J connectivity index is 3.80. The van der Waals surface area contributed by atoms with E-state index in [9.17, 15) is 29.3 Å². The molecule has 0 saturated carbocycles. The van der Waals surface area contributed by atoms with Crippen molar-refractivity contribution >= 4 is 19.8 Å². The largest absolute Gasteiger partial charge is 0.472 e. The van der Waals surface area contributed by atoms with Crippen LogP contribution in [0.2, 0.25) is 0 Å². The van der Waals surface area contributed by atoms with Gasteiger partial charge in [-0.1, -0.05) is 204 Å². The fourth-order valence-corrected chi connectivity index (χ4v) is 7.68. The highest BCUT2D eigenvalue weighted by Crippen LogP contribution is 2.43. The SMILES string of the molecule is CC/C=C\C/C=C\C/C=C\CCCCCC(=O)OC(CO)COP(=O)(O)OCC(CO)OC(=O)CCCCCCCCCCCCCCCCCCCCCCCCCC. The molecule has 0 amide bonds. The van der Waals surface area contributed by atoms with Gasteiger partial charge in [-0.15, -0.1) is 0 Å². The molecule has 0 bridgehead atoms. The number of rotatable bonds is 46. The molecule has 0 saturated heterocycles. The summed E-state index contributed by atoms with van der Waals surface area (Å²) >= 11 is 0. The van der Waals surface area contributed by atoms with E-state index in [4.69, 9.17) is 18.5 Å². The van der Waals surface area contributed by atoms with Crippen molar-refractivity contribution in [1.82, 2.24) is 0 Å². The van der Waals surface area contributed by atoms with Crippen molar-refractivity contribution in [1.29, 1.82) is 0 Å². The average molecular weight is 871 g/mol. The number of ether oxygens (including phenoxy) is 2. The number of unbranched alkanes of at least 4 members (excludes halogenated alkanes) is 26. The van der Waals surface area contributed by atoms with Crippen LogP contribution in [0.25, 0.3) is 0 Å². The van der Waals surface area contributed by atoms with E-state index in [2.05, 4.69) is 50.3 Å². The molecule has 0 aliphatic carbocycles. The summed E-state index contributed by atoms with van der Waals surface area (Å²) in [6, 6.07) is 0. The smallest absolute Gasteiger partial charge is 0.457 e. The van der Waals surface area contributed by atoms with Gasteiger partial charge in [0, 0.05) is 12.8 Å². The molecule has 60 heavy (non-hydrogen) atoms. The lowest BCUT2D eigenvalue weighted by atomic mass is 10.0. The highest BCUT2D eigenvalue weighted by Gasteiger charge is 2.27. The maximum absolute atomic E-state index is 12.4. The number of hydrogen-bond acceptors (Lipinski definition) is 9. The Hall–Kier alpha value is -1.81. The van der Waals surface area contributed by atoms with E-state index in [0.717, 1.165) is 57.8 Å². The van der Waals surface area contributed by atoms with E-state index in [0.29, 0.717) is 12.8 Å². The van der Waals surface area contributed by atoms with Crippen LogP contribution in [0.15, 0.2) is 36.5 Å². The Labute approximate surface area is 367 Å². The molecule has 0 aromatic rings. The molecule has 10 nitrogen and oxygen atoms in total. The fraction of sp³-hybridized carbons (Fsp3) is 0.837. The number of phosphoric ester groups is 1. The summed E-state index contributed by atoms with van der Waals surface area (Å²) in [5.41, 5.74) is 0. The van der Waals surface area contributed by atoms with Gasteiger partial charge < -0.3 is 24.6 Å². The van der Waals surface area contributed by atoms with Gasteiger partial charge >= 0.3 is 19.8 Å². The molecule has 0 aliphatic heterocycles. The molecule has 0 spiro atoms. The molecule has 3 unspecified atom stereocenters. The van der Waals surface area contributed by atoms with E-state index in [1.54, 1.807) is 0 Å². The third kappa shape index (κ3) is 42.9. The monoisotopic (exact) mass is 871 g/mol. The summed E-state index contributed by atoms with van der Waals surface area (Å²) in [5, 5.41) is 19.2. The van der Waals surface area contributed by atoms with Crippen LogP contribution >= 0.6 is 7.82 Å². The van der Waals surface area contributed by atoms with Crippen molar-refractivity contribution in [3.05, 3.63) is 36.5 Å². The first-order valence-electron chi connectivity index (χ1n) is 24.4. The van der Waals surface area contributed by atoms with Gasteiger partial charge in [0.05, 0.1) is 26.4 Å². The summed E-state index contributed by atoms with van der Waals surface area (Å²) in [6.45, 7) is 2.09. The zero-order valence-electron chi connectivity index (χ0n) is 38.4. The van der Waals surface area contributed by atoms with Gasteiger partial charge in [0.1, 0.15) is 12.2 Å². The quantitative estimate of drug-likeness (QED) is 0.0234. The molecule has 0 aromatic carbocycles. The van der Waals surface area contributed by atoms with E-state index in [1.807, 2.05) is 0 Å². The van der Waals surface area contributed by atoms with Crippen LogP contribution in [0.4, 0.5) is 0 Å². The van der Waals surface area contributed by atoms with Gasteiger partial charge in [0.25, 0.3) is 0 Å². The predicted octanol–water partition coefficient (Wildman–Crippen LogP) is 13.5. The number of aliphatic hydroxyl groups excluding tert-OH is 2. The number of esters is 2. The lowest BCUT2D eigenvalue weighted by molar-refractivity contribution is -0.153. The van der Waals surface area contributed by atoms with Crippen LogP contribution in [-0.2, 0) is 32.7 Å². The first-order valence-corrected chi connectivity index (χ1v) is 25.9. The second-order valence-corrected chi connectivity index (χ2v) is 17.9. The number of phosphoric acid groups is 1. The van der Waals surface area contributed by atoms with Gasteiger partial charge in [-0.2, -0.15) is 0 Å². The Kier molecular flexibility index (Phi) is 43.9. The number of allylic oxidation sites excluding steroid dienone is 6. The first-order chi connectivity index (χ1) is 29.3. The van der Waals surface area contributed by atoms with Gasteiger partial charge in [-0.05, 0) is 44.9 Å². The summed E-state index contributed by atoms with van der Waals surface area (Å²) in [7, 11) is -4.64. The fourth-order valence-electron chi connectivity index (χ4n) is 6.90.